The minimum absolute atomic E-state index is 0.185. The SMILES string of the molecule is C=CC[P+](CC=C)(CC=C)CCC(c1ccccc1)c1cc(C)ccc1O.CO. The molecule has 2 rings (SSSR count). The zero-order valence-electron chi connectivity index (χ0n) is 17.9. The minimum atomic E-state index is -1.25. The highest BCUT2D eigenvalue weighted by molar-refractivity contribution is 7.76. The van der Waals surface area contributed by atoms with E-state index in [0.29, 0.717) is 5.75 Å². The molecule has 156 valence electrons. The first-order chi connectivity index (χ1) is 14.0. The van der Waals surface area contributed by atoms with Crippen molar-refractivity contribution in [2.24, 2.45) is 0 Å². The summed E-state index contributed by atoms with van der Waals surface area (Å²) in [5.74, 6) is 0.569. The van der Waals surface area contributed by atoms with Crippen LogP contribution in [0.5, 0.6) is 5.75 Å². The number of hydrogen-bond donors (Lipinski definition) is 2. The van der Waals surface area contributed by atoms with Crippen molar-refractivity contribution in [1.29, 1.82) is 0 Å². The molecule has 2 N–H and O–H groups in total. The van der Waals surface area contributed by atoms with Crippen LogP contribution >= 0.6 is 7.26 Å². The van der Waals surface area contributed by atoms with Crippen LogP contribution in [0.25, 0.3) is 0 Å². The Bertz CT molecular complexity index is 741. The smallest absolute Gasteiger partial charge is 0.119 e. The second-order valence-electron chi connectivity index (χ2n) is 7.29. The Morgan fingerprint density at radius 3 is 1.97 bits per heavy atom. The third-order valence-electron chi connectivity index (χ3n) is 5.20. The predicted molar refractivity (Wildman–Crippen MR) is 131 cm³/mol. The van der Waals surface area contributed by atoms with Crippen molar-refractivity contribution in [3.8, 4) is 5.75 Å². The highest BCUT2D eigenvalue weighted by Crippen LogP contribution is 2.60. The van der Waals surface area contributed by atoms with E-state index < -0.39 is 7.26 Å². The van der Waals surface area contributed by atoms with E-state index in [-0.39, 0.29) is 5.92 Å². The third kappa shape index (κ3) is 7.31. The van der Waals surface area contributed by atoms with Crippen LogP contribution in [0, 0.1) is 6.92 Å². The summed E-state index contributed by atoms with van der Waals surface area (Å²) in [6, 6.07) is 16.4. The number of hydrogen-bond acceptors (Lipinski definition) is 2. The largest absolute Gasteiger partial charge is 0.508 e. The average Bonchev–Trinajstić information content (AvgIpc) is 2.73. The summed E-state index contributed by atoms with van der Waals surface area (Å²) in [6.45, 7) is 14.1. The first kappa shape index (κ1) is 24.9. The van der Waals surface area contributed by atoms with Crippen molar-refractivity contribution in [2.75, 3.05) is 31.8 Å². The van der Waals surface area contributed by atoms with Crippen LogP contribution < -0.4 is 0 Å². The maximum absolute atomic E-state index is 10.6. The lowest BCUT2D eigenvalue weighted by atomic mass is 9.88. The number of phenols is 1. The molecule has 0 fully saturated rings. The van der Waals surface area contributed by atoms with E-state index in [1.807, 2.05) is 18.2 Å². The van der Waals surface area contributed by atoms with Crippen LogP contribution in [-0.2, 0) is 0 Å². The van der Waals surface area contributed by atoms with E-state index in [1.165, 1.54) is 11.1 Å². The molecular formula is C26H36O2P+. The summed E-state index contributed by atoms with van der Waals surface area (Å²) in [6.07, 6.45) is 11.5. The molecule has 1 atom stereocenters. The van der Waals surface area contributed by atoms with Gasteiger partial charge in [0, 0.05) is 25.9 Å². The van der Waals surface area contributed by atoms with Gasteiger partial charge < -0.3 is 10.2 Å². The van der Waals surface area contributed by atoms with Gasteiger partial charge in [-0.05, 0) is 25.0 Å². The molecule has 0 bridgehead atoms. The van der Waals surface area contributed by atoms with Crippen LogP contribution in [0.3, 0.4) is 0 Å². The van der Waals surface area contributed by atoms with Crippen molar-refractivity contribution in [3.63, 3.8) is 0 Å². The van der Waals surface area contributed by atoms with Crippen molar-refractivity contribution in [2.45, 2.75) is 19.3 Å². The maximum atomic E-state index is 10.6. The average molecular weight is 412 g/mol. The molecule has 3 heteroatoms. The Kier molecular flexibility index (Phi) is 11.3. The van der Waals surface area contributed by atoms with Crippen LogP contribution in [-0.4, -0.2) is 42.0 Å². The maximum Gasteiger partial charge on any atom is 0.119 e. The molecule has 0 aliphatic rings. The standard InChI is InChI=1S/C25H31OP.CH4O/c1-5-16-27(17-6-2,18-7-3)19-15-23(22-11-9-8-10-12-22)24-20-21(4)13-14-25(24)26;1-2/h5-14,20,23H,1-3,15-19H2,4H3;2H,1H3/p+1. The Morgan fingerprint density at radius 2 is 1.45 bits per heavy atom. The number of aromatic hydroxyl groups is 1. The topological polar surface area (TPSA) is 40.5 Å². The molecule has 2 nitrogen and oxygen atoms in total. The number of phenolic OH excluding ortho intramolecular Hbond substituents is 1. The second kappa shape index (κ2) is 13.1. The summed E-state index contributed by atoms with van der Waals surface area (Å²) in [5.41, 5.74) is 3.45. The van der Waals surface area contributed by atoms with Gasteiger partial charge in [0.25, 0.3) is 0 Å². The van der Waals surface area contributed by atoms with E-state index >= 15 is 0 Å². The molecule has 1 unspecified atom stereocenters. The molecule has 0 aromatic heterocycles. The minimum Gasteiger partial charge on any atom is -0.508 e. The number of rotatable bonds is 11. The lowest BCUT2D eigenvalue weighted by molar-refractivity contribution is 0.399. The van der Waals surface area contributed by atoms with Crippen molar-refractivity contribution < 1.29 is 10.2 Å². The number of aryl methyl sites for hydroxylation is 1. The van der Waals surface area contributed by atoms with Gasteiger partial charge in [0.2, 0.25) is 0 Å². The molecular weight excluding hydrogens is 375 g/mol. The second-order valence-corrected chi connectivity index (χ2v) is 11.5. The molecule has 29 heavy (non-hydrogen) atoms. The monoisotopic (exact) mass is 411 g/mol. The molecule has 0 heterocycles. The molecule has 2 aromatic carbocycles. The Balaban J connectivity index is 0.00000204. The number of aliphatic hydroxyl groups excluding tert-OH is 1. The van der Waals surface area contributed by atoms with E-state index in [4.69, 9.17) is 5.11 Å². The van der Waals surface area contributed by atoms with Gasteiger partial charge in [0.05, 0.1) is 24.6 Å². The van der Waals surface area contributed by atoms with Gasteiger partial charge in [-0.25, -0.2) is 0 Å². The normalized spacial score (nSPS) is 11.7. The molecule has 0 aliphatic carbocycles. The predicted octanol–water partition coefficient (Wildman–Crippen LogP) is 6.41. The molecule has 0 saturated carbocycles. The highest BCUT2D eigenvalue weighted by Gasteiger charge is 2.34. The van der Waals surface area contributed by atoms with Crippen LogP contribution in [0.2, 0.25) is 0 Å². The number of benzene rings is 2. The summed E-state index contributed by atoms with van der Waals surface area (Å²) >= 11 is 0. The summed E-state index contributed by atoms with van der Waals surface area (Å²) in [7, 11) is -0.254. The molecule has 0 saturated heterocycles. The van der Waals surface area contributed by atoms with Crippen LogP contribution in [0.1, 0.15) is 29.0 Å². The van der Waals surface area contributed by atoms with Crippen molar-refractivity contribution >= 4 is 7.26 Å². The molecule has 0 amide bonds. The fourth-order valence-corrected chi connectivity index (χ4v) is 7.31. The quantitative estimate of drug-likeness (QED) is 0.331. The zero-order valence-corrected chi connectivity index (χ0v) is 18.8. The first-order valence-electron chi connectivity index (χ1n) is 10.0. The van der Waals surface area contributed by atoms with E-state index in [1.54, 1.807) is 0 Å². The Hall–Kier alpha value is -2.15. The Morgan fingerprint density at radius 1 is 0.897 bits per heavy atom. The first-order valence-corrected chi connectivity index (χ1v) is 12.5. The third-order valence-corrected chi connectivity index (χ3v) is 9.51. The van der Waals surface area contributed by atoms with Crippen LogP contribution in [0.4, 0.5) is 0 Å². The van der Waals surface area contributed by atoms with Gasteiger partial charge in [0.15, 0.2) is 0 Å². The molecule has 0 radical (unpaired) electrons. The van der Waals surface area contributed by atoms with E-state index in [2.05, 4.69) is 75.2 Å². The van der Waals surface area contributed by atoms with E-state index in [9.17, 15) is 5.11 Å². The summed E-state index contributed by atoms with van der Waals surface area (Å²) in [4.78, 5) is 0. The summed E-state index contributed by atoms with van der Waals surface area (Å²) in [5, 5.41) is 17.6. The molecule has 0 spiro atoms. The molecule has 2 aromatic rings. The van der Waals surface area contributed by atoms with Crippen molar-refractivity contribution in [3.05, 3.63) is 103 Å². The van der Waals surface area contributed by atoms with Gasteiger partial charge in [-0.15, -0.1) is 0 Å². The van der Waals surface area contributed by atoms with Crippen LogP contribution in [0.15, 0.2) is 86.5 Å². The van der Waals surface area contributed by atoms with Crippen molar-refractivity contribution in [1.82, 2.24) is 0 Å². The lowest BCUT2D eigenvalue weighted by Crippen LogP contribution is -2.13. The fourth-order valence-electron chi connectivity index (χ4n) is 3.86. The van der Waals surface area contributed by atoms with Gasteiger partial charge in [-0.3, -0.25) is 0 Å². The van der Waals surface area contributed by atoms with Gasteiger partial charge in [0.1, 0.15) is 5.75 Å². The number of allylic oxidation sites excluding steroid dienone is 3. The van der Waals surface area contributed by atoms with Gasteiger partial charge >= 0.3 is 0 Å². The zero-order chi connectivity index (χ0) is 21.7. The van der Waals surface area contributed by atoms with Gasteiger partial charge in [-0.1, -0.05) is 86.0 Å². The van der Waals surface area contributed by atoms with E-state index in [0.717, 1.165) is 43.7 Å². The summed E-state index contributed by atoms with van der Waals surface area (Å²) < 4.78 is 0. The molecule has 0 aliphatic heterocycles. The highest BCUT2D eigenvalue weighted by atomic mass is 31.2. The lowest BCUT2D eigenvalue weighted by Gasteiger charge is -2.27. The fraction of sp³-hybridized carbons (Fsp3) is 0.308. The Labute approximate surface area is 177 Å². The van der Waals surface area contributed by atoms with Gasteiger partial charge in [-0.2, -0.15) is 0 Å². The number of aliphatic hydroxyl groups is 1.